The van der Waals surface area contributed by atoms with Crippen LogP contribution in [0.1, 0.15) is 17.3 Å². The van der Waals surface area contributed by atoms with Gasteiger partial charge in [0, 0.05) is 16.0 Å². The van der Waals surface area contributed by atoms with E-state index >= 15 is 0 Å². The second-order valence-corrected chi connectivity index (χ2v) is 6.90. The number of carbonyl (C=O) groups excluding carboxylic acids is 1. The van der Waals surface area contributed by atoms with Crippen LogP contribution in [0.5, 0.6) is 5.75 Å². The van der Waals surface area contributed by atoms with E-state index in [2.05, 4.69) is 5.32 Å². The molecule has 29 heavy (non-hydrogen) atoms. The lowest BCUT2D eigenvalue weighted by atomic mass is 10.0. The minimum atomic E-state index is -0.217. The van der Waals surface area contributed by atoms with E-state index in [-0.39, 0.29) is 5.91 Å². The Morgan fingerprint density at radius 2 is 1.72 bits per heavy atom. The van der Waals surface area contributed by atoms with E-state index in [1.54, 1.807) is 0 Å². The molecule has 5 heteroatoms. The van der Waals surface area contributed by atoms with Crippen molar-refractivity contribution < 1.29 is 9.53 Å². The molecule has 0 unspecified atom stereocenters. The van der Waals surface area contributed by atoms with Gasteiger partial charge in [-0.1, -0.05) is 54.1 Å². The lowest BCUT2D eigenvalue weighted by Gasteiger charge is -2.13. The highest BCUT2D eigenvalue weighted by Gasteiger charge is 2.15. The molecule has 1 N–H and O–H groups in total. The molecule has 4 aromatic rings. The normalized spacial score (nSPS) is 10.7. The average molecular weight is 403 g/mol. The highest BCUT2D eigenvalue weighted by atomic mass is 35.5. The highest BCUT2D eigenvalue weighted by Crippen LogP contribution is 2.28. The molecule has 1 heterocycles. The molecule has 144 valence electrons. The van der Waals surface area contributed by atoms with Crippen molar-refractivity contribution in [2.75, 3.05) is 11.9 Å². The number of ether oxygens (including phenoxy) is 1. The Hall–Kier alpha value is -3.37. The van der Waals surface area contributed by atoms with Gasteiger partial charge in [0.15, 0.2) is 0 Å². The van der Waals surface area contributed by atoms with Gasteiger partial charge in [0.1, 0.15) is 5.75 Å². The van der Waals surface area contributed by atoms with Gasteiger partial charge in [0.2, 0.25) is 0 Å². The topological polar surface area (TPSA) is 51.2 Å². The zero-order chi connectivity index (χ0) is 20.2. The van der Waals surface area contributed by atoms with E-state index in [1.807, 2.05) is 85.8 Å². The maximum atomic E-state index is 13.2. The third-order valence-corrected chi connectivity index (χ3v) is 4.79. The van der Waals surface area contributed by atoms with Crippen LogP contribution in [0.25, 0.3) is 22.2 Å². The van der Waals surface area contributed by atoms with Crippen LogP contribution in [0, 0.1) is 0 Å². The number of nitrogens with one attached hydrogen (secondary N) is 1. The van der Waals surface area contributed by atoms with Crippen LogP contribution in [0.4, 0.5) is 5.69 Å². The molecule has 0 spiro atoms. The molecule has 1 amide bonds. The predicted molar refractivity (Wildman–Crippen MR) is 118 cm³/mol. The van der Waals surface area contributed by atoms with Crippen LogP contribution in [0.15, 0.2) is 78.9 Å². The van der Waals surface area contributed by atoms with E-state index in [1.165, 1.54) is 0 Å². The summed E-state index contributed by atoms with van der Waals surface area (Å²) in [6, 6.07) is 24.2. The summed E-state index contributed by atoms with van der Waals surface area (Å²) < 4.78 is 5.63. The van der Waals surface area contributed by atoms with E-state index in [0.29, 0.717) is 34.3 Å². The minimum absolute atomic E-state index is 0.217. The number of benzene rings is 3. The quantitative estimate of drug-likeness (QED) is 0.432. The summed E-state index contributed by atoms with van der Waals surface area (Å²) in [5, 5.41) is 4.42. The second-order valence-electron chi connectivity index (χ2n) is 6.46. The first-order chi connectivity index (χ1) is 14.2. The SMILES string of the molecule is CCOc1ccccc1NC(=O)c1cc(-c2ccc(Cl)cc2)nc2ccccc12. The molecule has 4 rings (SSSR count). The van der Waals surface area contributed by atoms with Gasteiger partial charge in [-0.25, -0.2) is 4.98 Å². The summed E-state index contributed by atoms with van der Waals surface area (Å²) in [5.41, 5.74) is 3.54. The van der Waals surface area contributed by atoms with E-state index < -0.39 is 0 Å². The summed E-state index contributed by atoms with van der Waals surface area (Å²) in [6.45, 7) is 2.43. The van der Waals surface area contributed by atoms with Gasteiger partial charge in [-0.3, -0.25) is 4.79 Å². The monoisotopic (exact) mass is 402 g/mol. The van der Waals surface area contributed by atoms with Gasteiger partial charge in [0.05, 0.1) is 29.1 Å². The number of halogens is 1. The fourth-order valence-electron chi connectivity index (χ4n) is 3.17. The Balaban J connectivity index is 1.78. The van der Waals surface area contributed by atoms with Gasteiger partial charge in [-0.15, -0.1) is 0 Å². The molecule has 1 aromatic heterocycles. The summed E-state index contributed by atoms with van der Waals surface area (Å²) in [5.74, 6) is 0.422. The smallest absolute Gasteiger partial charge is 0.256 e. The lowest BCUT2D eigenvalue weighted by molar-refractivity contribution is 0.102. The number of nitrogens with zero attached hydrogens (tertiary/aromatic N) is 1. The van der Waals surface area contributed by atoms with Crippen molar-refractivity contribution >= 4 is 34.1 Å². The molecule has 3 aromatic carbocycles. The summed E-state index contributed by atoms with van der Waals surface area (Å²) in [6.07, 6.45) is 0. The van der Waals surface area contributed by atoms with Crippen molar-refractivity contribution in [3.05, 3.63) is 89.4 Å². The largest absolute Gasteiger partial charge is 0.492 e. The third-order valence-electron chi connectivity index (χ3n) is 4.54. The standard InChI is InChI=1S/C24H19ClN2O2/c1-2-29-23-10-6-5-9-21(23)27-24(28)19-15-22(16-11-13-17(25)14-12-16)26-20-8-4-3-7-18(19)20/h3-15H,2H2,1H3,(H,27,28). The van der Waals surface area contributed by atoms with Crippen LogP contribution in [0.2, 0.25) is 5.02 Å². The first-order valence-corrected chi connectivity index (χ1v) is 9.72. The fraction of sp³-hybridized carbons (Fsp3) is 0.0833. The Bertz CT molecular complexity index is 1170. The molecule has 0 radical (unpaired) electrons. The van der Waals surface area contributed by atoms with Gasteiger partial charge in [0.25, 0.3) is 5.91 Å². The van der Waals surface area contributed by atoms with E-state index in [0.717, 1.165) is 16.5 Å². The number of amides is 1. The Labute approximate surface area is 174 Å². The van der Waals surface area contributed by atoms with Crippen LogP contribution in [-0.4, -0.2) is 17.5 Å². The fourth-order valence-corrected chi connectivity index (χ4v) is 3.30. The summed E-state index contributed by atoms with van der Waals surface area (Å²) >= 11 is 6.01. The number of carbonyl (C=O) groups is 1. The zero-order valence-electron chi connectivity index (χ0n) is 15.9. The van der Waals surface area contributed by atoms with Crippen molar-refractivity contribution in [1.82, 2.24) is 4.98 Å². The third kappa shape index (κ3) is 4.08. The Morgan fingerprint density at radius 3 is 2.52 bits per heavy atom. The first-order valence-electron chi connectivity index (χ1n) is 9.34. The molecular formula is C24H19ClN2O2. The van der Waals surface area contributed by atoms with Gasteiger partial charge < -0.3 is 10.1 Å². The minimum Gasteiger partial charge on any atom is -0.492 e. The first kappa shape index (κ1) is 19.0. The van der Waals surface area contributed by atoms with E-state index in [9.17, 15) is 4.79 Å². The van der Waals surface area contributed by atoms with Crippen LogP contribution < -0.4 is 10.1 Å². The Morgan fingerprint density at radius 1 is 1.00 bits per heavy atom. The van der Waals surface area contributed by atoms with Gasteiger partial charge >= 0.3 is 0 Å². The molecule has 0 bridgehead atoms. The molecule has 0 aliphatic rings. The zero-order valence-corrected chi connectivity index (χ0v) is 16.6. The van der Waals surface area contributed by atoms with Gasteiger partial charge in [-0.2, -0.15) is 0 Å². The summed E-state index contributed by atoms with van der Waals surface area (Å²) in [4.78, 5) is 17.9. The maximum Gasteiger partial charge on any atom is 0.256 e. The lowest BCUT2D eigenvalue weighted by Crippen LogP contribution is -2.14. The number of aromatic nitrogens is 1. The second kappa shape index (κ2) is 8.33. The molecule has 0 fully saturated rings. The number of fused-ring (bicyclic) bond motifs is 1. The molecule has 0 atom stereocenters. The van der Waals surface area contributed by atoms with E-state index in [4.69, 9.17) is 21.3 Å². The Kier molecular flexibility index (Phi) is 5.45. The van der Waals surface area contributed by atoms with Crippen molar-refractivity contribution in [2.45, 2.75) is 6.92 Å². The molecule has 0 aliphatic heterocycles. The number of anilines is 1. The number of hydrogen-bond acceptors (Lipinski definition) is 3. The number of para-hydroxylation sites is 3. The van der Waals surface area contributed by atoms with Crippen molar-refractivity contribution in [1.29, 1.82) is 0 Å². The highest BCUT2D eigenvalue weighted by molar-refractivity contribution is 6.30. The number of hydrogen-bond donors (Lipinski definition) is 1. The van der Waals surface area contributed by atoms with Crippen molar-refractivity contribution in [3.8, 4) is 17.0 Å². The molecule has 4 nitrogen and oxygen atoms in total. The molecule has 0 saturated carbocycles. The maximum absolute atomic E-state index is 13.2. The van der Waals surface area contributed by atoms with Crippen LogP contribution >= 0.6 is 11.6 Å². The summed E-state index contributed by atoms with van der Waals surface area (Å²) in [7, 11) is 0. The molecular weight excluding hydrogens is 384 g/mol. The van der Waals surface area contributed by atoms with Crippen molar-refractivity contribution in [3.63, 3.8) is 0 Å². The molecule has 0 aliphatic carbocycles. The molecule has 0 saturated heterocycles. The van der Waals surface area contributed by atoms with Crippen LogP contribution in [0.3, 0.4) is 0 Å². The van der Waals surface area contributed by atoms with Gasteiger partial charge in [-0.05, 0) is 43.3 Å². The predicted octanol–water partition coefficient (Wildman–Crippen LogP) is 6.21. The average Bonchev–Trinajstić information content (AvgIpc) is 2.75. The number of rotatable bonds is 5. The number of pyridine rings is 1. The van der Waals surface area contributed by atoms with Crippen molar-refractivity contribution in [2.24, 2.45) is 0 Å². The van der Waals surface area contributed by atoms with Crippen LogP contribution in [-0.2, 0) is 0 Å².